The van der Waals surface area contributed by atoms with Crippen LogP contribution in [-0.4, -0.2) is 17.6 Å². The zero-order valence-electron chi connectivity index (χ0n) is 13.3. The molecule has 0 bridgehead atoms. The lowest BCUT2D eigenvalue weighted by Crippen LogP contribution is -2.34. The maximum Gasteiger partial charge on any atom is 0.261 e. The van der Waals surface area contributed by atoms with Crippen LogP contribution in [0.2, 0.25) is 0 Å². The second-order valence-electron chi connectivity index (χ2n) is 5.12. The van der Waals surface area contributed by atoms with Crippen molar-refractivity contribution in [2.45, 2.75) is 19.8 Å². The van der Waals surface area contributed by atoms with Crippen LogP contribution in [-0.2, 0) is 0 Å². The predicted octanol–water partition coefficient (Wildman–Crippen LogP) is 4.75. The molecule has 2 aromatic carbocycles. The second kappa shape index (κ2) is 9.39. The van der Waals surface area contributed by atoms with Crippen LogP contribution in [0, 0.1) is 0 Å². The molecule has 0 heterocycles. The van der Waals surface area contributed by atoms with E-state index in [0.29, 0.717) is 17.9 Å². The number of para-hydroxylation sites is 1. The fourth-order valence-electron chi connectivity index (χ4n) is 2.01. The molecule has 1 amide bonds. The highest BCUT2D eigenvalue weighted by atomic mass is 79.9. The first-order chi connectivity index (χ1) is 11.6. The Kier molecular flexibility index (Phi) is 7.21. The van der Waals surface area contributed by atoms with Crippen LogP contribution in [0.25, 0.3) is 0 Å². The Labute approximate surface area is 155 Å². The van der Waals surface area contributed by atoms with E-state index < -0.39 is 0 Å². The number of anilines is 1. The van der Waals surface area contributed by atoms with Crippen LogP contribution in [0.15, 0.2) is 53.0 Å². The van der Waals surface area contributed by atoms with Gasteiger partial charge in [-0.05, 0) is 49.0 Å². The Bertz CT molecular complexity index is 722. The number of thiocarbonyl (C=S) groups is 1. The third-order valence-electron chi connectivity index (χ3n) is 3.20. The number of hydrogen-bond donors (Lipinski definition) is 2. The first-order valence-electron chi connectivity index (χ1n) is 7.70. The molecule has 24 heavy (non-hydrogen) atoms. The number of nitrogens with one attached hydrogen (secondary N) is 2. The van der Waals surface area contributed by atoms with E-state index in [0.717, 1.165) is 23.0 Å². The second-order valence-corrected chi connectivity index (χ2v) is 6.44. The summed E-state index contributed by atoms with van der Waals surface area (Å²) >= 11 is 8.60. The summed E-state index contributed by atoms with van der Waals surface area (Å²) in [7, 11) is 0. The zero-order valence-corrected chi connectivity index (χ0v) is 15.7. The normalized spacial score (nSPS) is 10.1. The monoisotopic (exact) mass is 406 g/mol. The summed E-state index contributed by atoms with van der Waals surface area (Å²) in [5, 5.41) is 5.90. The predicted molar refractivity (Wildman–Crippen MR) is 105 cm³/mol. The van der Waals surface area contributed by atoms with Crippen LogP contribution in [0.4, 0.5) is 5.69 Å². The number of rotatable bonds is 6. The van der Waals surface area contributed by atoms with Gasteiger partial charge in [0.1, 0.15) is 5.75 Å². The summed E-state index contributed by atoms with van der Waals surface area (Å²) in [6, 6.07) is 14.7. The number of hydrogen-bond acceptors (Lipinski definition) is 3. The standard InChI is InChI=1S/C18H19BrN2O2S/c1-2-3-11-23-16-10-5-4-9-15(16)17(22)21-18(24)20-14-8-6-7-13(19)12-14/h4-10,12H,2-3,11H2,1H3,(H2,20,21,22,24). The van der Waals surface area contributed by atoms with Gasteiger partial charge in [0.2, 0.25) is 0 Å². The van der Waals surface area contributed by atoms with Gasteiger partial charge in [0, 0.05) is 10.2 Å². The molecule has 2 rings (SSSR count). The van der Waals surface area contributed by atoms with Crippen molar-refractivity contribution in [3.8, 4) is 5.75 Å². The van der Waals surface area contributed by atoms with E-state index >= 15 is 0 Å². The molecular weight excluding hydrogens is 388 g/mol. The van der Waals surface area contributed by atoms with Crippen LogP contribution in [0.1, 0.15) is 30.1 Å². The molecule has 0 aromatic heterocycles. The highest BCUT2D eigenvalue weighted by Gasteiger charge is 2.13. The van der Waals surface area contributed by atoms with Gasteiger partial charge in [-0.3, -0.25) is 10.1 Å². The Morgan fingerprint density at radius 2 is 2.00 bits per heavy atom. The number of ether oxygens (including phenoxy) is 1. The van der Waals surface area contributed by atoms with E-state index in [-0.39, 0.29) is 11.0 Å². The Morgan fingerprint density at radius 3 is 2.75 bits per heavy atom. The van der Waals surface area contributed by atoms with Crippen LogP contribution in [0.5, 0.6) is 5.75 Å². The average Bonchev–Trinajstić information content (AvgIpc) is 2.55. The third kappa shape index (κ3) is 5.62. The van der Waals surface area contributed by atoms with E-state index in [2.05, 4.69) is 33.5 Å². The van der Waals surface area contributed by atoms with Gasteiger partial charge < -0.3 is 10.1 Å². The molecule has 0 spiro atoms. The van der Waals surface area contributed by atoms with E-state index in [1.807, 2.05) is 30.3 Å². The lowest BCUT2D eigenvalue weighted by molar-refractivity contribution is 0.0973. The van der Waals surface area contributed by atoms with Crippen molar-refractivity contribution in [2.24, 2.45) is 0 Å². The largest absolute Gasteiger partial charge is 0.493 e. The van der Waals surface area contributed by atoms with Crippen LogP contribution < -0.4 is 15.4 Å². The molecular formula is C18H19BrN2O2S. The smallest absolute Gasteiger partial charge is 0.261 e. The van der Waals surface area contributed by atoms with Gasteiger partial charge in [0.15, 0.2) is 5.11 Å². The maximum atomic E-state index is 12.4. The van der Waals surface area contributed by atoms with Crippen molar-refractivity contribution in [3.63, 3.8) is 0 Å². The number of carbonyl (C=O) groups is 1. The molecule has 0 radical (unpaired) electrons. The first-order valence-corrected chi connectivity index (χ1v) is 8.90. The fourth-order valence-corrected chi connectivity index (χ4v) is 2.62. The van der Waals surface area contributed by atoms with Gasteiger partial charge in [-0.2, -0.15) is 0 Å². The molecule has 0 saturated carbocycles. The van der Waals surface area contributed by atoms with Crippen molar-refractivity contribution >= 4 is 44.9 Å². The Balaban J connectivity index is 2.00. The average molecular weight is 407 g/mol. The number of carbonyl (C=O) groups excluding carboxylic acids is 1. The lowest BCUT2D eigenvalue weighted by atomic mass is 10.2. The van der Waals surface area contributed by atoms with Crippen molar-refractivity contribution in [1.82, 2.24) is 5.32 Å². The molecule has 4 nitrogen and oxygen atoms in total. The molecule has 0 aliphatic carbocycles. The summed E-state index contributed by atoms with van der Waals surface area (Å²) in [5.41, 5.74) is 1.26. The summed E-state index contributed by atoms with van der Waals surface area (Å²) in [4.78, 5) is 12.4. The number of halogens is 1. The minimum Gasteiger partial charge on any atom is -0.493 e. The third-order valence-corrected chi connectivity index (χ3v) is 3.89. The molecule has 0 aliphatic rings. The van der Waals surface area contributed by atoms with E-state index in [1.165, 1.54) is 0 Å². The molecule has 0 fully saturated rings. The van der Waals surface area contributed by atoms with Gasteiger partial charge in [-0.25, -0.2) is 0 Å². The van der Waals surface area contributed by atoms with Crippen molar-refractivity contribution in [2.75, 3.05) is 11.9 Å². The summed E-state index contributed by atoms with van der Waals surface area (Å²) in [5.74, 6) is 0.267. The topological polar surface area (TPSA) is 50.4 Å². The van der Waals surface area contributed by atoms with E-state index in [9.17, 15) is 4.79 Å². The van der Waals surface area contributed by atoms with Crippen molar-refractivity contribution < 1.29 is 9.53 Å². The molecule has 0 unspecified atom stereocenters. The molecule has 2 N–H and O–H groups in total. The Hall–Kier alpha value is -1.92. The quantitative estimate of drug-likeness (QED) is 0.536. The Morgan fingerprint density at radius 1 is 1.21 bits per heavy atom. The highest BCUT2D eigenvalue weighted by molar-refractivity contribution is 9.10. The summed E-state index contributed by atoms with van der Waals surface area (Å²) in [6.45, 7) is 2.68. The molecule has 0 aliphatic heterocycles. The van der Waals surface area contributed by atoms with Crippen LogP contribution >= 0.6 is 28.1 Å². The molecule has 0 atom stereocenters. The van der Waals surface area contributed by atoms with Gasteiger partial charge >= 0.3 is 0 Å². The molecule has 126 valence electrons. The number of amides is 1. The minimum absolute atomic E-state index is 0.237. The van der Waals surface area contributed by atoms with Crippen molar-refractivity contribution in [3.05, 3.63) is 58.6 Å². The maximum absolute atomic E-state index is 12.4. The zero-order chi connectivity index (χ0) is 17.4. The fraction of sp³-hybridized carbons (Fsp3) is 0.222. The van der Waals surface area contributed by atoms with Gasteiger partial charge in [0.05, 0.1) is 12.2 Å². The summed E-state index contributed by atoms with van der Waals surface area (Å²) in [6.07, 6.45) is 1.98. The minimum atomic E-state index is -0.297. The highest BCUT2D eigenvalue weighted by Crippen LogP contribution is 2.19. The molecule has 6 heteroatoms. The molecule has 2 aromatic rings. The van der Waals surface area contributed by atoms with E-state index in [4.69, 9.17) is 17.0 Å². The lowest BCUT2D eigenvalue weighted by Gasteiger charge is -2.13. The summed E-state index contributed by atoms with van der Waals surface area (Å²) < 4.78 is 6.61. The molecule has 0 saturated heterocycles. The SMILES string of the molecule is CCCCOc1ccccc1C(=O)NC(=S)Nc1cccc(Br)c1. The first kappa shape index (κ1) is 18.4. The number of unbranched alkanes of at least 4 members (excludes halogenated alkanes) is 1. The van der Waals surface area contributed by atoms with Gasteiger partial charge in [-0.1, -0.05) is 47.5 Å². The van der Waals surface area contributed by atoms with Crippen molar-refractivity contribution in [1.29, 1.82) is 0 Å². The van der Waals surface area contributed by atoms with Crippen LogP contribution in [0.3, 0.4) is 0 Å². The van der Waals surface area contributed by atoms with Gasteiger partial charge in [-0.15, -0.1) is 0 Å². The van der Waals surface area contributed by atoms with Gasteiger partial charge in [0.25, 0.3) is 5.91 Å². The van der Waals surface area contributed by atoms with E-state index in [1.54, 1.807) is 18.2 Å². The number of benzene rings is 2.